The smallest absolute Gasteiger partial charge is 0.216 e. The monoisotopic (exact) mass is 270 g/mol. The zero-order valence-corrected chi connectivity index (χ0v) is 13.3. The van der Waals surface area contributed by atoms with Gasteiger partial charge in [-0.05, 0) is 40.0 Å². The summed E-state index contributed by atoms with van der Waals surface area (Å²) >= 11 is 0. The Labute approximate surface area is 117 Å². The number of amides is 1. The fraction of sp³-hybridized carbons (Fsp3) is 0.867. The van der Waals surface area contributed by atoms with Crippen molar-refractivity contribution < 1.29 is 9.59 Å². The second kappa shape index (κ2) is 8.31. The fourth-order valence-electron chi connectivity index (χ4n) is 1.95. The van der Waals surface area contributed by atoms with E-state index in [1.54, 1.807) is 0 Å². The number of nitrogens with one attached hydrogen (secondary N) is 2. The second-order valence-electron chi connectivity index (χ2n) is 6.48. The van der Waals surface area contributed by atoms with Gasteiger partial charge in [0, 0.05) is 24.9 Å². The van der Waals surface area contributed by atoms with Crippen molar-refractivity contribution in [1.29, 1.82) is 0 Å². The molecule has 0 spiro atoms. The van der Waals surface area contributed by atoms with Crippen molar-refractivity contribution in [3.63, 3.8) is 0 Å². The van der Waals surface area contributed by atoms with E-state index < -0.39 is 0 Å². The van der Waals surface area contributed by atoms with Crippen molar-refractivity contribution in [2.24, 2.45) is 5.92 Å². The van der Waals surface area contributed by atoms with Crippen LogP contribution in [0, 0.1) is 5.92 Å². The zero-order chi connectivity index (χ0) is 15.1. The van der Waals surface area contributed by atoms with E-state index in [0.717, 1.165) is 19.3 Å². The Balaban J connectivity index is 4.20. The number of Topliss-reactive ketones (excluding diaryl/α,β-unsaturated/α-hetero) is 1. The van der Waals surface area contributed by atoms with E-state index in [4.69, 9.17) is 0 Å². The third kappa shape index (κ3) is 9.65. The van der Waals surface area contributed by atoms with Gasteiger partial charge in [0.05, 0.1) is 6.04 Å². The Bertz CT molecular complexity index is 293. The van der Waals surface area contributed by atoms with Crippen LogP contribution in [0.1, 0.15) is 60.8 Å². The first-order valence-corrected chi connectivity index (χ1v) is 7.19. The summed E-state index contributed by atoms with van der Waals surface area (Å²) < 4.78 is 0. The Morgan fingerprint density at radius 3 is 2.11 bits per heavy atom. The van der Waals surface area contributed by atoms with Gasteiger partial charge in [0.25, 0.3) is 0 Å². The van der Waals surface area contributed by atoms with Crippen LogP contribution >= 0.6 is 0 Å². The van der Waals surface area contributed by atoms with Gasteiger partial charge >= 0.3 is 0 Å². The van der Waals surface area contributed by atoms with Crippen molar-refractivity contribution >= 4 is 11.7 Å². The van der Waals surface area contributed by atoms with Crippen molar-refractivity contribution in [2.45, 2.75) is 72.4 Å². The summed E-state index contributed by atoms with van der Waals surface area (Å²) in [7, 11) is 0. The summed E-state index contributed by atoms with van der Waals surface area (Å²) in [5.41, 5.74) is -0.0626. The molecule has 0 saturated heterocycles. The minimum Gasteiger partial charge on any atom is -0.356 e. The quantitative estimate of drug-likeness (QED) is 0.665. The van der Waals surface area contributed by atoms with Crippen molar-refractivity contribution in [3.8, 4) is 0 Å². The largest absolute Gasteiger partial charge is 0.356 e. The molecule has 0 fully saturated rings. The van der Waals surface area contributed by atoms with E-state index in [-0.39, 0.29) is 29.2 Å². The van der Waals surface area contributed by atoms with E-state index in [1.807, 2.05) is 13.8 Å². The zero-order valence-electron chi connectivity index (χ0n) is 13.3. The van der Waals surface area contributed by atoms with Crippen molar-refractivity contribution in [2.75, 3.05) is 6.54 Å². The molecule has 0 bridgehead atoms. The lowest BCUT2D eigenvalue weighted by Gasteiger charge is -2.29. The van der Waals surface area contributed by atoms with Gasteiger partial charge in [0.2, 0.25) is 5.91 Å². The van der Waals surface area contributed by atoms with Crippen LogP contribution in [0.5, 0.6) is 0 Å². The van der Waals surface area contributed by atoms with E-state index >= 15 is 0 Å². The molecule has 4 nitrogen and oxygen atoms in total. The molecule has 0 heterocycles. The van der Waals surface area contributed by atoms with Crippen molar-refractivity contribution in [1.82, 2.24) is 10.6 Å². The van der Waals surface area contributed by atoms with Gasteiger partial charge in [0.15, 0.2) is 5.78 Å². The molecule has 0 saturated carbocycles. The first kappa shape index (κ1) is 18.1. The maximum absolute atomic E-state index is 12.2. The van der Waals surface area contributed by atoms with Gasteiger partial charge in [-0.15, -0.1) is 0 Å². The van der Waals surface area contributed by atoms with Crippen LogP contribution in [0.3, 0.4) is 0 Å². The minimum atomic E-state index is -0.0858. The lowest BCUT2D eigenvalue weighted by atomic mass is 9.94. The van der Waals surface area contributed by atoms with Crippen LogP contribution < -0.4 is 10.6 Å². The molecular weight excluding hydrogens is 240 g/mol. The van der Waals surface area contributed by atoms with E-state index in [2.05, 4.69) is 31.4 Å². The van der Waals surface area contributed by atoms with Gasteiger partial charge in [-0.25, -0.2) is 0 Å². The molecular formula is C15H30N2O2. The third-order valence-corrected chi connectivity index (χ3v) is 2.81. The topological polar surface area (TPSA) is 58.2 Å². The highest BCUT2D eigenvalue weighted by Crippen LogP contribution is 2.12. The average molecular weight is 270 g/mol. The Kier molecular flexibility index (Phi) is 7.91. The molecule has 112 valence electrons. The molecule has 0 unspecified atom stereocenters. The summed E-state index contributed by atoms with van der Waals surface area (Å²) in [5.74, 6) is 0.326. The molecule has 4 heteroatoms. The number of carbonyl (C=O) groups is 2. The number of hydrogen-bond donors (Lipinski definition) is 2. The summed E-state index contributed by atoms with van der Waals surface area (Å²) in [6.45, 7) is 12.3. The maximum atomic E-state index is 12.2. The van der Waals surface area contributed by atoms with E-state index in [0.29, 0.717) is 6.54 Å². The highest BCUT2D eigenvalue weighted by atomic mass is 16.1. The Morgan fingerprint density at radius 1 is 1.11 bits per heavy atom. The number of ketones is 1. The SMILES string of the molecule is CC(=O)NCCCC[C@@H](NC(C)(C)C)C(=O)C(C)C. The van der Waals surface area contributed by atoms with Gasteiger partial charge in [-0.3, -0.25) is 9.59 Å². The normalized spacial score (nSPS) is 13.4. The molecule has 0 aliphatic heterocycles. The lowest BCUT2D eigenvalue weighted by Crippen LogP contribution is -2.48. The summed E-state index contributed by atoms with van der Waals surface area (Å²) in [6, 6.07) is -0.0858. The van der Waals surface area contributed by atoms with E-state index in [9.17, 15) is 9.59 Å². The molecule has 0 radical (unpaired) electrons. The van der Waals surface area contributed by atoms with Crippen LogP contribution in [-0.2, 0) is 9.59 Å². The molecule has 0 aliphatic carbocycles. The Hall–Kier alpha value is -0.900. The van der Waals surface area contributed by atoms with Crippen LogP contribution in [0.2, 0.25) is 0 Å². The van der Waals surface area contributed by atoms with E-state index in [1.165, 1.54) is 6.92 Å². The summed E-state index contributed by atoms with van der Waals surface area (Å²) in [4.78, 5) is 22.9. The molecule has 1 amide bonds. The van der Waals surface area contributed by atoms with Crippen LogP contribution in [0.4, 0.5) is 0 Å². The molecule has 0 aromatic heterocycles. The molecule has 1 atom stereocenters. The predicted octanol–water partition coefficient (Wildman–Crippen LogP) is 2.27. The molecule has 0 aliphatic rings. The van der Waals surface area contributed by atoms with Crippen LogP contribution in [0.15, 0.2) is 0 Å². The number of rotatable bonds is 8. The molecule has 2 N–H and O–H groups in total. The second-order valence-corrected chi connectivity index (χ2v) is 6.48. The summed E-state index contributed by atoms with van der Waals surface area (Å²) in [5, 5.41) is 6.18. The third-order valence-electron chi connectivity index (χ3n) is 2.81. The predicted molar refractivity (Wildman–Crippen MR) is 79.1 cm³/mol. The molecule has 19 heavy (non-hydrogen) atoms. The van der Waals surface area contributed by atoms with Crippen molar-refractivity contribution in [3.05, 3.63) is 0 Å². The average Bonchev–Trinajstić information content (AvgIpc) is 2.23. The molecule has 0 aromatic rings. The fourth-order valence-corrected chi connectivity index (χ4v) is 1.95. The van der Waals surface area contributed by atoms with Gasteiger partial charge < -0.3 is 10.6 Å². The van der Waals surface area contributed by atoms with Gasteiger partial charge in [0.1, 0.15) is 0 Å². The lowest BCUT2D eigenvalue weighted by molar-refractivity contribution is -0.124. The first-order valence-electron chi connectivity index (χ1n) is 7.19. The number of unbranched alkanes of at least 4 members (excludes halogenated alkanes) is 1. The van der Waals surface area contributed by atoms with Crippen LogP contribution in [-0.4, -0.2) is 29.8 Å². The highest BCUT2D eigenvalue weighted by Gasteiger charge is 2.24. The van der Waals surface area contributed by atoms with Gasteiger partial charge in [-0.2, -0.15) is 0 Å². The maximum Gasteiger partial charge on any atom is 0.216 e. The Morgan fingerprint density at radius 2 is 1.68 bits per heavy atom. The standard InChI is InChI=1S/C15H30N2O2/c1-11(2)14(19)13(17-15(4,5)6)9-7-8-10-16-12(3)18/h11,13,17H,7-10H2,1-6H3,(H,16,18)/t13-/m1/s1. The molecule has 0 rings (SSSR count). The minimum absolute atomic E-state index is 0.00243. The highest BCUT2D eigenvalue weighted by molar-refractivity contribution is 5.85. The number of hydrogen-bond acceptors (Lipinski definition) is 3. The number of carbonyl (C=O) groups excluding carboxylic acids is 2. The first-order chi connectivity index (χ1) is 8.63. The van der Waals surface area contributed by atoms with Crippen LogP contribution in [0.25, 0.3) is 0 Å². The summed E-state index contributed by atoms with van der Waals surface area (Å²) in [6.07, 6.45) is 2.67. The van der Waals surface area contributed by atoms with Gasteiger partial charge in [-0.1, -0.05) is 13.8 Å². The molecule has 0 aromatic carbocycles.